The number of halogens is 3. The monoisotopic (exact) mass is 547 g/mol. The first-order valence-electron chi connectivity index (χ1n) is 11.0. The molecule has 0 unspecified atom stereocenters. The molecule has 0 bridgehead atoms. The smallest absolute Gasteiger partial charge is 0.475 e. The van der Waals surface area contributed by atoms with Crippen molar-refractivity contribution in [1.29, 1.82) is 0 Å². The average Bonchev–Trinajstić information content (AvgIpc) is 3.33. The van der Waals surface area contributed by atoms with Gasteiger partial charge in [-0.25, -0.2) is 13.2 Å². The first kappa shape index (κ1) is 28.1. The van der Waals surface area contributed by atoms with Crippen molar-refractivity contribution in [2.45, 2.75) is 35.6 Å². The number of esters is 1. The number of carboxylic acid groups (broad SMARTS) is 1. The molecule has 10 nitrogen and oxygen atoms in total. The molecule has 14 heteroatoms. The normalized spacial score (nSPS) is 16.2. The largest absolute Gasteiger partial charge is 0.490 e. The van der Waals surface area contributed by atoms with Crippen molar-refractivity contribution >= 4 is 21.8 Å². The predicted molar refractivity (Wildman–Crippen MR) is 121 cm³/mol. The molecule has 2 aliphatic rings. The zero-order chi connectivity index (χ0) is 27.3. The fourth-order valence-electron chi connectivity index (χ4n) is 3.66. The van der Waals surface area contributed by atoms with Crippen LogP contribution in [0.25, 0.3) is 0 Å². The molecule has 2 heterocycles. The molecular formula is C23H24F3NO9S. The van der Waals surface area contributed by atoms with Crippen molar-refractivity contribution in [2.24, 2.45) is 0 Å². The Morgan fingerprint density at radius 3 is 2.16 bits per heavy atom. The van der Waals surface area contributed by atoms with Crippen LogP contribution in [0, 0.1) is 0 Å². The Labute approximate surface area is 210 Å². The Balaban J connectivity index is 0.000000479. The summed E-state index contributed by atoms with van der Waals surface area (Å²) >= 11 is 0. The molecule has 2 N–H and O–H groups in total. The number of ether oxygens (including phenoxy) is 4. The van der Waals surface area contributed by atoms with Gasteiger partial charge in [0.15, 0.2) is 26.1 Å². The van der Waals surface area contributed by atoms with Gasteiger partial charge in [-0.15, -0.1) is 0 Å². The third-order valence-corrected chi connectivity index (χ3v) is 8.03. The highest BCUT2D eigenvalue weighted by molar-refractivity contribution is 7.93. The summed E-state index contributed by atoms with van der Waals surface area (Å²) in [6.07, 6.45) is -4.74. The number of benzene rings is 2. The van der Waals surface area contributed by atoms with Crippen LogP contribution in [-0.2, 0) is 24.2 Å². The second-order valence-electron chi connectivity index (χ2n) is 7.86. The summed E-state index contributed by atoms with van der Waals surface area (Å²) in [7, 11) is -3.95. The minimum absolute atomic E-state index is 0.0653. The molecule has 0 aliphatic carbocycles. The summed E-state index contributed by atoms with van der Waals surface area (Å²) in [5.74, 6) is -1.21. The molecule has 2 aliphatic heterocycles. The van der Waals surface area contributed by atoms with Gasteiger partial charge in [0.05, 0.1) is 11.5 Å². The molecule has 0 spiro atoms. The minimum atomic E-state index is -5.08. The van der Waals surface area contributed by atoms with Gasteiger partial charge in [0.25, 0.3) is 0 Å². The van der Waals surface area contributed by atoms with Crippen LogP contribution < -0.4 is 19.5 Å². The second kappa shape index (κ2) is 11.3. The molecule has 2 aromatic rings. The Morgan fingerprint density at radius 2 is 1.59 bits per heavy atom. The van der Waals surface area contributed by atoms with Crippen LogP contribution in [0.15, 0.2) is 47.4 Å². The zero-order valence-corrected chi connectivity index (χ0v) is 20.4. The van der Waals surface area contributed by atoms with E-state index in [1.54, 1.807) is 37.3 Å². The van der Waals surface area contributed by atoms with E-state index in [0.29, 0.717) is 36.1 Å². The number of nitrogens with one attached hydrogen (secondary N) is 1. The first-order valence-corrected chi connectivity index (χ1v) is 12.5. The molecule has 37 heavy (non-hydrogen) atoms. The van der Waals surface area contributed by atoms with Crippen LogP contribution in [0.3, 0.4) is 0 Å². The van der Waals surface area contributed by atoms with Crippen LogP contribution in [0.2, 0.25) is 0 Å². The van der Waals surface area contributed by atoms with E-state index in [2.05, 4.69) is 5.32 Å². The lowest BCUT2D eigenvalue weighted by molar-refractivity contribution is -0.192. The summed E-state index contributed by atoms with van der Waals surface area (Å²) in [6.45, 7) is 2.84. The maximum Gasteiger partial charge on any atom is 0.490 e. The maximum absolute atomic E-state index is 13.4. The molecule has 4 rings (SSSR count). The van der Waals surface area contributed by atoms with Gasteiger partial charge in [-0.2, -0.15) is 13.2 Å². The quantitative estimate of drug-likeness (QED) is 0.518. The van der Waals surface area contributed by atoms with E-state index >= 15 is 0 Å². The Bertz CT molecular complexity index is 1230. The zero-order valence-electron chi connectivity index (χ0n) is 19.5. The van der Waals surface area contributed by atoms with Crippen LogP contribution in [-0.4, -0.2) is 62.9 Å². The number of carbonyl (C=O) groups excluding carboxylic acids is 1. The highest BCUT2D eigenvalue weighted by Gasteiger charge is 2.53. The van der Waals surface area contributed by atoms with Gasteiger partial charge < -0.3 is 29.4 Å². The van der Waals surface area contributed by atoms with Gasteiger partial charge in [0.1, 0.15) is 11.5 Å². The van der Waals surface area contributed by atoms with Crippen LogP contribution in [0.5, 0.6) is 23.0 Å². The van der Waals surface area contributed by atoms with E-state index in [1.807, 2.05) is 0 Å². The number of aliphatic carboxylic acids is 1. The third-order valence-electron chi connectivity index (χ3n) is 5.53. The van der Waals surface area contributed by atoms with E-state index in [4.69, 9.17) is 28.8 Å². The molecule has 1 fully saturated rings. The Hall–Kier alpha value is -3.52. The van der Waals surface area contributed by atoms with Crippen LogP contribution in [0.1, 0.15) is 19.8 Å². The number of hydrogen-bond donors (Lipinski definition) is 2. The third kappa shape index (κ3) is 6.25. The fourth-order valence-corrected chi connectivity index (χ4v) is 5.63. The van der Waals surface area contributed by atoms with Gasteiger partial charge in [0, 0.05) is 6.07 Å². The van der Waals surface area contributed by atoms with Gasteiger partial charge >= 0.3 is 18.1 Å². The number of hydrogen-bond acceptors (Lipinski definition) is 9. The SMILES string of the molecule is CCOC(=O)C1(S(=O)(=O)c2ccc(Oc3ccc4c(c3)OCO4)cc2)CCNCC1.O=C(O)C(F)(F)F. The number of piperidine rings is 1. The minimum Gasteiger partial charge on any atom is -0.475 e. The van der Waals surface area contributed by atoms with Gasteiger partial charge in [-0.1, -0.05) is 0 Å². The molecule has 0 saturated carbocycles. The summed E-state index contributed by atoms with van der Waals surface area (Å²) < 4.78 is 78.5. The molecule has 202 valence electrons. The van der Waals surface area contributed by atoms with E-state index < -0.39 is 32.7 Å². The molecule has 0 aromatic heterocycles. The highest BCUT2D eigenvalue weighted by Crippen LogP contribution is 2.38. The number of rotatable bonds is 6. The number of fused-ring (bicyclic) bond motifs is 1. The standard InChI is InChI=1S/C21H23NO7S.C2HF3O2/c1-2-26-20(23)21(9-11-22-12-10-21)30(24,25)17-6-3-15(4-7-17)29-16-5-8-18-19(13-16)28-14-27-18;3-2(4,5)1(6)7/h3-8,13,22H,2,9-12,14H2,1H3;(H,6,7). The van der Waals surface area contributed by atoms with Gasteiger partial charge in [-0.05, 0) is 69.3 Å². The van der Waals surface area contributed by atoms with Crippen molar-refractivity contribution in [2.75, 3.05) is 26.5 Å². The number of sulfone groups is 1. The molecule has 1 saturated heterocycles. The van der Waals surface area contributed by atoms with E-state index in [0.717, 1.165) is 0 Å². The highest BCUT2D eigenvalue weighted by atomic mass is 32.2. The van der Waals surface area contributed by atoms with Crippen molar-refractivity contribution in [3.63, 3.8) is 0 Å². The molecule has 0 amide bonds. The maximum atomic E-state index is 13.4. The van der Waals surface area contributed by atoms with Crippen LogP contribution in [0.4, 0.5) is 13.2 Å². The predicted octanol–water partition coefficient (Wildman–Crippen LogP) is 3.30. The van der Waals surface area contributed by atoms with Crippen molar-refractivity contribution in [1.82, 2.24) is 5.32 Å². The summed E-state index contributed by atoms with van der Waals surface area (Å²) in [5, 5.41) is 10.2. The van der Waals surface area contributed by atoms with E-state index in [9.17, 15) is 26.4 Å². The fraction of sp³-hybridized carbons (Fsp3) is 0.391. The van der Waals surface area contributed by atoms with Crippen molar-refractivity contribution < 1.29 is 55.2 Å². The van der Waals surface area contributed by atoms with Crippen molar-refractivity contribution in [3.8, 4) is 23.0 Å². The lowest BCUT2D eigenvalue weighted by atomic mass is 9.97. The second-order valence-corrected chi connectivity index (χ2v) is 10.1. The molecule has 0 radical (unpaired) electrons. The van der Waals surface area contributed by atoms with E-state index in [1.165, 1.54) is 12.1 Å². The van der Waals surface area contributed by atoms with Crippen LogP contribution >= 0.6 is 0 Å². The number of carbonyl (C=O) groups is 2. The van der Waals surface area contributed by atoms with Gasteiger partial charge in [0.2, 0.25) is 6.79 Å². The Morgan fingerprint density at radius 1 is 1.03 bits per heavy atom. The Kier molecular flexibility index (Phi) is 8.53. The lowest BCUT2D eigenvalue weighted by Gasteiger charge is -2.34. The molecule has 2 aromatic carbocycles. The summed E-state index contributed by atoms with van der Waals surface area (Å²) in [6, 6.07) is 11.2. The molecular weight excluding hydrogens is 523 g/mol. The van der Waals surface area contributed by atoms with E-state index in [-0.39, 0.29) is 31.1 Å². The lowest BCUT2D eigenvalue weighted by Crippen LogP contribution is -2.54. The van der Waals surface area contributed by atoms with Crippen molar-refractivity contribution in [3.05, 3.63) is 42.5 Å². The summed E-state index contributed by atoms with van der Waals surface area (Å²) in [5.41, 5.74) is 0. The average molecular weight is 548 g/mol. The summed E-state index contributed by atoms with van der Waals surface area (Å²) in [4.78, 5) is 21.6. The number of carboxylic acids is 1. The molecule has 0 atom stereocenters. The first-order chi connectivity index (χ1) is 17.4. The topological polar surface area (TPSA) is 137 Å². The number of alkyl halides is 3. The van der Waals surface area contributed by atoms with Gasteiger partial charge in [-0.3, -0.25) is 4.79 Å².